The highest BCUT2D eigenvalue weighted by atomic mass is 32.2. The summed E-state index contributed by atoms with van der Waals surface area (Å²) in [6.45, 7) is 2.64. The van der Waals surface area contributed by atoms with Gasteiger partial charge in [-0.15, -0.1) is 13.2 Å². The van der Waals surface area contributed by atoms with E-state index in [1.807, 2.05) is 0 Å². The summed E-state index contributed by atoms with van der Waals surface area (Å²) in [5.41, 5.74) is 0.313. The average molecular weight is 490 g/mol. The molecule has 174 valence electrons. The molecule has 1 aliphatic rings. The molecule has 0 bridgehead atoms. The number of thioether (sulfide) groups is 1. The van der Waals surface area contributed by atoms with Crippen LogP contribution in [0.2, 0.25) is 0 Å². The van der Waals surface area contributed by atoms with Gasteiger partial charge in [-0.1, -0.05) is 18.2 Å². The molecule has 1 amide bonds. The molecule has 1 unspecified atom stereocenters. The van der Waals surface area contributed by atoms with Crippen LogP contribution in [0.1, 0.15) is 26.2 Å². The van der Waals surface area contributed by atoms with E-state index in [2.05, 4.69) is 15.0 Å². The molecule has 0 spiro atoms. The number of hydrogen-bond donors (Lipinski definition) is 1. The third-order valence-electron chi connectivity index (χ3n) is 4.68. The first-order chi connectivity index (χ1) is 15.0. The summed E-state index contributed by atoms with van der Waals surface area (Å²) in [5, 5.41) is 2.49. The van der Waals surface area contributed by atoms with Gasteiger partial charge < -0.3 is 10.1 Å². The molecule has 32 heavy (non-hydrogen) atoms. The van der Waals surface area contributed by atoms with Crippen molar-refractivity contribution < 1.29 is 31.1 Å². The maximum absolute atomic E-state index is 12.7. The van der Waals surface area contributed by atoms with Crippen molar-refractivity contribution >= 4 is 33.4 Å². The van der Waals surface area contributed by atoms with Crippen LogP contribution in [0.5, 0.6) is 5.75 Å². The highest BCUT2D eigenvalue weighted by Crippen LogP contribution is 2.27. The number of halogens is 3. The number of amides is 1. The molecule has 1 N–H and O–H groups in total. The topological polar surface area (TPSA) is 88.6 Å². The minimum absolute atomic E-state index is 0.113. The van der Waals surface area contributed by atoms with Gasteiger partial charge >= 0.3 is 6.36 Å². The fourth-order valence-electron chi connectivity index (χ4n) is 3.06. The average Bonchev–Trinajstić information content (AvgIpc) is 2.75. The number of piperidine rings is 1. The van der Waals surface area contributed by atoms with Crippen molar-refractivity contribution in [1.29, 1.82) is 0 Å². The number of pyridine rings is 1. The number of carbonyl (C=O) groups excluding carboxylic acids is 1. The molecule has 7 nitrogen and oxygen atoms in total. The fraction of sp³-hybridized carbons (Fsp3) is 0.400. The molecule has 1 saturated heterocycles. The Bertz CT molecular complexity index is 1020. The second-order valence-electron chi connectivity index (χ2n) is 7.12. The van der Waals surface area contributed by atoms with E-state index in [9.17, 15) is 26.4 Å². The first-order valence-corrected chi connectivity index (χ1v) is 12.2. The number of nitrogens with one attached hydrogen (secondary N) is 1. The number of benzene rings is 1. The summed E-state index contributed by atoms with van der Waals surface area (Å²) in [4.78, 5) is 16.7. The molecule has 1 fully saturated rings. The molecule has 1 aromatic heterocycles. The first kappa shape index (κ1) is 24.3. The normalized spacial score (nSPS) is 16.4. The summed E-state index contributed by atoms with van der Waals surface area (Å²) in [6, 6.07) is 7.83. The zero-order valence-corrected chi connectivity index (χ0v) is 18.8. The Kier molecular flexibility index (Phi) is 7.67. The predicted octanol–water partition coefficient (Wildman–Crippen LogP) is 4.27. The van der Waals surface area contributed by atoms with E-state index in [1.165, 1.54) is 28.7 Å². The van der Waals surface area contributed by atoms with Gasteiger partial charge in [-0.3, -0.25) is 4.79 Å². The molecule has 2 aromatic rings. The van der Waals surface area contributed by atoms with Crippen LogP contribution in [-0.4, -0.2) is 48.3 Å². The summed E-state index contributed by atoms with van der Waals surface area (Å²) in [5.74, 6) is -0.770. The number of nitrogens with zero attached hydrogens (tertiary/aromatic N) is 2. The van der Waals surface area contributed by atoms with Crippen molar-refractivity contribution in [2.45, 2.75) is 47.7 Å². The summed E-state index contributed by atoms with van der Waals surface area (Å²) in [7, 11) is -3.58. The summed E-state index contributed by atoms with van der Waals surface area (Å²) in [6.07, 6.45) is -0.802. The number of aromatic nitrogens is 1. The van der Waals surface area contributed by atoms with Crippen LogP contribution in [-0.2, 0) is 14.8 Å². The Balaban J connectivity index is 1.57. The lowest BCUT2D eigenvalue weighted by Gasteiger charge is -2.25. The van der Waals surface area contributed by atoms with Crippen molar-refractivity contribution in [2.24, 2.45) is 0 Å². The zero-order chi connectivity index (χ0) is 23.4. The lowest BCUT2D eigenvalue weighted by molar-refractivity contribution is -0.274. The number of hydrogen-bond acceptors (Lipinski definition) is 6. The lowest BCUT2D eigenvalue weighted by Crippen LogP contribution is -2.35. The van der Waals surface area contributed by atoms with Crippen LogP contribution in [0.4, 0.5) is 18.9 Å². The van der Waals surface area contributed by atoms with Crippen molar-refractivity contribution in [2.75, 3.05) is 18.4 Å². The third-order valence-corrected chi connectivity index (χ3v) is 7.62. The van der Waals surface area contributed by atoms with E-state index in [1.54, 1.807) is 13.0 Å². The molecule has 12 heteroatoms. The number of ether oxygens (including phenoxy) is 1. The minimum atomic E-state index is -4.79. The van der Waals surface area contributed by atoms with E-state index in [-0.39, 0.29) is 16.6 Å². The maximum atomic E-state index is 12.7. The monoisotopic (exact) mass is 489 g/mol. The van der Waals surface area contributed by atoms with Gasteiger partial charge in [0.05, 0.1) is 10.3 Å². The molecule has 3 rings (SSSR count). The summed E-state index contributed by atoms with van der Waals surface area (Å²) < 4.78 is 67.2. The van der Waals surface area contributed by atoms with E-state index < -0.39 is 21.6 Å². The Morgan fingerprint density at radius 1 is 1.12 bits per heavy atom. The molecule has 2 heterocycles. The molecule has 1 aliphatic heterocycles. The van der Waals surface area contributed by atoms with Crippen molar-refractivity contribution in [1.82, 2.24) is 9.29 Å². The van der Waals surface area contributed by atoms with Gasteiger partial charge in [-0.25, -0.2) is 13.4 Å². The van der Waals surface area contributed by atoms with Gasteiger partial charge in [0.15, 0.2) is 0 Å². The molecule has 0 saturated carbocycles. The predicted molar refractivity (Wildman–Crippen MR) is 114 cm³/mol. The van der Waals surface area contributed by atoms with Gasteiger partial charge in [-0.2, -0.15) is 4.31 Å². The minimum Gasteiger partial charge on any atom is -0.406 e. The number of alkyl halides is 3. The first-order valence-electron chi connectivity index (χ1n) is 9.84. The van der Waals surface area contributed by atoms with E-state index in [0.717, 1.165) is 43.2 Å². The quantitative estimate of drug-likeness (QED) is 0.585. The number of rotatable bonds is 7. The van der Waals surface area contributed by atoms with Crippen LogP contribution in [0, 0.1) is 0 Å². The molecular formula is C20H22F3N3O4S2. The number of carbonyl (C=O) groups is 1. The molecule has 0 radical (unpaired) electrons. The van der Waals surface area contributed by atoms with Gasteiger partial charge in [0, 0.05) is 25.0 Å². The molecule has 1 atom stereocenters. The van der Waals surface area contributed by atoms with E-state index >= 15 is 0 Å². The fourth-order valence-corrected chi connectivity index (χ4v) is 5.31. The number of anilines is 1. The van der Waals surface area contributed by atoms with Crippen LogP contribution in [0.3, 0.4) is 0 Å². The standard InChI is InChI=1S/C20H22F3N3O4S2/c1-14(19(27)25-15-5-7-16(8-6-15)30-20(21,22)23)31-18-10-9-17(13-24-18)32(28,29)26-11-3-2-4-12-26/h5-10,13-14H,2-4,11-12H2,1H3,(H,25,27). The Morgan fingerprint density at radius 2 is 1.78 bits per heavy atom. The van der Waals surface area contributed by atoms with Crippen molar-refractivity contribution in [3.05, 3.63) is 42.6 Å². The summed E-state index contributed by atoms with van der Waals surface area (Å²) >= 11 is 1.13. The zero-order valence-electron chi connectivity index (χ0n) is 17.1. The molecule has 1 aromatic carbocycles. The van der Waals surface area contributed by atoms with Crippen LogP contribution >= 0.6 is 11.8 Å². The molecule has 0 aliphatic carbocycles. The third kappa shape index (κ3) is 6.59. The van der Waals surface area contributed by atoms with Gasteiger partial charge in [-0.05, 0) is 56.2 Å². The van der Waals surface area contributed by atoms with Crippen LogP contribution in [0.25, 0.3) is 0 Å². The Hall–Kier alpha value is -2.31. The van der Waals surface area contributed by atoms with Crippen LogP contribution in [0.15, 0.2) is 52.5 Å². The van der Waals surface area contributed by atoms with E-state index in [0.29, 0.717) is 23.8 Å². The van der Waals surface area contributed by atoms with Gasteiger partial charge in [0.2, 0.25) is 15.9 Å². The SMILES string of the molecule is CC(Sc1ccc(S(=O)(=O)N2CCCCC2)cn1)C(=O)Nc1ccc(OC(F)(F)F)cc1. The van der Waals surface area contributed by atoms with Gasteiger partial charge in [0.1, 0.15) is 10.6 Å². The van der Waals surface area contributed by atoms with E-state index in [4.69, 9.17) is 0 Å². The number of sulfonamides is 1. The largest absolute Gasteiger partial charge is 0.573 e. The lowest BCUT2D eigenvalue weighted by atomic mass is 10.2. The Labute approximate surface area is 188 Å². The van der Waals surface area contributed by atoms with Crippen LogP contribution < -0.4 is 10.1 Å². The maximum Gasteiger partial charge on any atom is 0.573 e. The second-order valence-corrected chi connectivity index (χ2v) is 10.4. The van der Waals surface area contributed by atoms with Crippen molar-refractivity contribution in [3.63, 3.8) is 0 Å². The highest BCUT2D eigenvalue weighted by Gasteiger charge is 2.31. The van der Waals surface area contributed by atoms with Gasteiger partial charge in [0.25, 0.3) is 0 Å². The molecular weight excluding hydrogens is 467 g/mol. The van der Waals surface area contributed by atoms with Crippen molar-refractivity contribution in [3.8, 4) is 5.75 Å². The smallest absolute Gasteiger partial charge is 0.406 e. The highest BCUT2D eigenvalue weighted by molar-refractivity contribution is 8.00. The second kappa shape index (κ2) is 10.1. The Morgan fingerprint density at radius 3 is 2.34 bits per heavy atom.